The largest absolute Gasteiger partial charge is 0.357 e. The number of halogens is 1. The van der Waals surface area contributed by atoms with Crippen molar-refractivity contribution in [2.45, 2.75) is 39.2 Å². The molecule has 1 amide bonds. The highest BCUT2D eigenvalue weighted by Crippen LogP contribution is 2.38. The van der Waals surface area contributed by atoms with Crippen molar-refractivity contribution in [3.05, 3.63) is 35.1 Å². The molecule has 1 aliphatic carbocycles. The van der Waals surface area contributed by atoms with Gasteiger partial charge in [-0.2, -0.15) is 5.26 Å². The second-order valence-corrected chi connectivity index (χ2v) is 7.15. The number of guanidine groups is 1. The monoisotopic (exact) mass is 373 g/mol. The molecule has 7 heteroatoms. The van der Waals surface area contributed by atoms with E-state index in [-0.39, 0.29) is 18.0 Å². The van der Waals surface area contributed by atoms with Gasteiger partial charge in [0.05, 0.1) is 23.6 Å². The second kappa shape index (κ2) is 9.36. The fourth-order valence-electron chi connectivity index (χ4n) is 3.50. The van der Waals surface area contributed by atoms with Crippen LogP contribution in [0.25, 0.3) is 0 Å². The first kappa shape index (κ1) is 20.7. The Morgan fingerprint density at radius 2 is 2.04 bits per heavy atom. The van der Waals surface area contributed by atoms with Crippen LogP contribution in [0.2, 0.25) is 0 Å². The lowest BCUT2D eigenvalue weighted by atomic mass is 9.84. The van der Waals surface area contributed by atoms with Crippen LogP contribution in [0, 0.1) is 22.6 Å². The molecule has 0 spiro atoms. The summed E-state index contributed by atoms with van der Waals surface area (Å²) in [7, 11) is 3.57. The van der Waals surface area contributed by atoms with Crippen LogP contribution in [-0.2, 0) is 11.3 Å². The number of hydrogen-bond acceptors (Lipinski definition) is 3. The molecule has 0 bridgehead atoms. The van der Waals surface area contributed by atoms with Gasteiger partial charge in [-0.1, -0.05) is 18.9 Å². The molecule has 1 aromatic rings. The topological polar surface area (TPSA) is 80.5 Å². The number of carbonyl (C=O) groups excluding carboxylic acids is 1. The first-order valence-corrected chi connectivity index (χ1v) is 9.34. The molecule has 1 aliphatic rings. The Hall–Kier alpha value is -2.62. The fraction of sp³-hybridized carbons (Fsp3) is 0.550. The van der Waals surface area contributed by atoms with Gasteiger partial charge in [0.15, 0.2) is 5.96 Å². The Labute approximate surface area is 160 Å². The fourth-order valence-corrected chi connectivity index (χ4v) is 3.50. The summed E-state index contributed by atoms with van der Waals surface area (Å²) < 4.78 is 14.0. The van der Waals surface area contributed by atoms with Crippen LogP contribution in [0.3, 0.4) is 0 Å². The molecule has 6 nitrogen and oxygen atoms in total. The molecule has 146 valence electrons. The van der Waals surface area contributed by atoms with E-state index in [0.717, 1.165) is 25.7 Å². The first-order valence-electron chi connectivity index (χ1n) is 9.34. The zero-order valence-electron chi connectivity index (χ0n) is 16.3. The van der Waals surface area contributed by atoms with Crippen molar-refractivity contribution >= 4 is 11.9 Å². The van der Waals surface area contributed by atoms with Crippen molar-refractivity contribution in [2.24, 2.45) is 10.4 Å². The molecule has 0 unspecified atom stereocenters. The zero-order chi connectivity index (χ0) is 19.9. The minimum atomic E-state index is -0.441. The van der Waals surface area contributed by atoms with Crippen molar-refractivity contribution in [3.63, 3.8) is 0 Å². The Bertz CT molecular complexity index is 732. The van der Waals surface area contributed by atoms with Crippen molar-refractivity contribution in [3.8, 4) is 6.07 Å². The van der Waals surface area contributed by atoms with E-state index in [4.69, 9.17) is 5.26 Å². The highest BCUT2D eigenvalue weighted by molar-refractivity contribution is 5.85. The Morgan fingerprint density at radius 3 is 2.59 bits per heavy atom. The van der Waals surface area contributed by atoms with Gasteiger partial charge in [0.1, 0.15) is 5.82 Å². The van der Waals surface area contributed by atoms with Gasteiger partial charge in [-0.3, -0.25) is 4.79 Å². The van der Waals surface area contributed by atoms with Crippen LogP contribution in [0.5, 0.6) is 0 Å². The summed E-state index contributed by atoms with van der Waals surface area (Å²) in [5.74, 6) is 0.254. The Morgan fingerprint density at radius 1 is 1.33 bits per heavy atom. The highest BCUT2D eigenvalue weighted by atomic mass is 19.1. The van der Waals surface area contributed by atoms with Gasteiger partial charge in [-0.25, -0.2) is 9.38 Å². The van der Waals surface area contributed by atoms with E-state index in [1.165, 1.54) is 6.07 Å². The molecule has 1 fully saturated rings. The van der Waals surface area contributed by atoms with E-state index >= 15 is 0 Å². The van der Waals surface area contributed by atoms with E-state index < -0.39 is 11.2 Å². The van der Waals surface area contributed by atoms with E-state index in [9.17, 15) is 9.18 Å². The number of rotatable bonds is 6. The minimum absolute atomic E-state index is 0.140. The summed E-state index contributed by atoms with van der Waals surface area (Å²) in [5, 5.41) is 15.2. The zero-order valence-corrected chi connectivity index (χ0v) is 16.3. The van der Waals surface area contributed by atoms with Crippen LogP contribution >= 0.6 is 0 Å². The number of nitrogens with one attached hydrogen (secondary N) is 2. The molecular weight excluding hydrogens is 345 g/mol. The molecule has 0 aliphatic heterocycles. The summed E-state index contributed by atoms with van der Waals surface area (Å²) in [6.45, 7) is 3.28. The maximum atomic E-state index is 14.0. The number of benzene rings is 1. The number of carbonyl (C=O) groups is 1. The molecule has 0 aromatic heterocycles. The van der Waals surface area contributed by atoms with Gasteiger partial charge in [-0.05, 0) is 31.9 Å². The molecule has 0 atom stereocenters. The van der Waals surface area contributed by atoms with E-state index in [1.807, 2.05) is 13.0 Å². The van der Waals surface area contributed by atoms with Gasteiger partial charge in [0.2, 0.25) is 5.91 Å². The third kappa shape index (κ3) is 5.19. The van der Waals surface area contributed by atoms with E-state index in [0.29, 0.717) is 24.6 Å². The number of nitriles is 1. The predicted octanol–water partition coefficient (Wildman–Crippen LogP) is 2.40. The normalized spacial score (nSPS) is 15.9. The number of hydrogen-bond donors (Lipinski definition) is 2. The first-order chi connectivity index (χ1) is 12.9. The van der Waals surface area contributed by atoms with Gasteiger partial charge < -0.3 is 15.5 Å². The summed E-state index contributed by atoms with van der Waals surface area (Å²) in [5.41, 5.74) is 0.307. The smallest absolute Gasteiger partial charge is 0.230 e. The average Bonchev–Trinajstić information content (AvgIpc) is 3.14. The van der Waals surface area contributed by atoms with Crippen molar-refractivity contribution in [1.29, 1.82) is 5.26 Å². The molecule has 0 saturated heterocycles. The SMILES string of the molecule is CCNC(=NCc1ccc(C#N)cc1F)NCC1(C(=O)N(C)C)CCCC1. The molecular formula is C20H28FN5O. The predicted molar refractivity (Wildman–Crippen MR) is 104 cm³/mol. The molecule has 1 aromatic carbocycles. The summed E-state index contributed by atoms with van der Waals surface area (Å²) in [4.78, 5) is 18.8. The Kier molecular flexibility index (Phi) is 7.17. The van der Waals surface area contributed by atoms with E-state index in [1.54, 1.807) is 31.1 Å². The lowest BCUT2D eigenvalue weighted by Gasteiger charge is -2.31. The lowest BCUT2D eigenvalue weighted by Crippen LogP contribution is -2.49. The van der Waals surface area contributed by atoms with Gasteiger partial charge >= 0.3 is 0 Å². The van der Waals surface area contributed by atoms with Crippen LogP contribution < -0.4 is 10.6 Å². The van der Waals surface area contributed by atoms with E-state index in [2.05, 4.69) is 15.6 Å². The molecule has 27 heavy (non-hydrogen) atoms. The van der Waals surface area contributed by atoms with Crippen molar-refractivity contribution < 1.29 is 9.18 Å². The van der Waals surface area contributed by atoms with Crippen molar-refractivity contribution in [2.75, 3.05) is 27.2 Å². The van der Waals surface area contributed by atoms with Gasteiger partial charge in [-0.15, -0.1) is 0 Å². The summed E-state index contributed by atoms with van der Waals surface area (Å²) >= 11 is 0. The van der Waals surface area contributed by atoms with Crippen LogP contribution in [0.1, 0.15) is 43.7 Å². The highest BCUT2D eigenvalue weighted by Gasteiger charge is 2.42. The third-order valence-corrected chi connectivity index (χ3v) is 4.95. The molecule has 2 rings (SSSR count). The average molecular weight is 373 g/mol. The quantitative estimate of drug-likeness (QED) is 0.593. The maximum Gasteiger partial charge on any atom is 0.230 e. The molecule has 2 N–H and O–H groups in total. The van der Waals surface area contributed by atoms with Gasteiger partial charge in [0.25, 0.3) is 0 Å². The standard InChI is InChI=1S/C20H28FN5O/c1-4-23-19(24-13-16-8-7-15(12-22)11-17(16)21)25-14-20(9-5-6-10-20)18(27)26(2)3/h7-8,11H,4-6,9-10,13-14H2,1-3H3,(H2,23,24,25). The maximum absolute atomic E-state index is 14.0. The molecule has 1 saturated carbocycles. The van der Waals surface area contributed by atoms with Gasteiger partial charge in [0, 0.05) is 32.7 Å². The summed E-state index contributed by atoms with van der Waals surface area (Å²) in [6.07, 6.45) is 3.82. The Balaban J connectivity index is 2.09. The third-order valence-electron chi connectivity index (χ3n) is 4.95. The summed E-state index contributed by atoms with van der Waals surface area (Å²) in [6, 6.07) is 6.30. The van der Waals surface area contributed by atoms with Crippen LogP contribution in [0.15, 0.2) is 23.2 Å². The number of nitrogens with zero attached hydrogens (tertiary/aromatic N) is 3. The number of aliphatic imine (C=N–C) groups is 1. The second-order valence-electron chi connectivity index (χ2n) is 7.15. The van der Waals surface area contributed by atoms with Crippen LogP contribution in [-0.4, -0.2) is 44.0 Å². The van der Waals surface area contributed by atoms with Crippen LogP contribution in [0.4, 0.5) is 4.39 Å². The minimum Gasteiger partial charge on any atom is -0.357 e. The molecule has 0 heterocycles. The lowest BCUT2D eigenvalue weighted by molar-refractivity contribution is -0.138. The number of amides is 1. The van der Waals surface area contributed by atoms with Crippen molar-refractivity contribution in [1.82, 2.24) is 15.5 Å². The molecule has 0 radical (unpaired) electrons.